The lowest BCUT2D eigenvalue weighted by Gasteiger charge is -2.27. The molecule has 1 aromatic carbocycles. The largest absolute Gasteiger partial charge is 0.352 e. The van der Waals surface area contributed by atoms with Crippen molar-refractivity contribution < 1.29 is 4.79 Å². The molecule has 0 aliphatic heterocycles. The lowest BCUT2D eigenvalue weighted by molar-refractivity contribution is 0.0940. The van der Waals surface area contributed by atoms with Gasteiger partial charge in [0.1, 0.15) is 0 Å². The molecule has 0 heterocycles. The van der Waals surface area contributed by atoms with Crippen molar-refractivity contribution in [2.24, 2.45) is 11.8 Å². The molecule has 0 spiro atoms. The Morgan fingerprint density at radius 3 is 2.50 bits per heavy atom. The molecule has 20 heavy (non-hydrogen) atoms. The van der Waals surface area contributed by atoms with Gasteiger partial charge in [0.2, 0.25) is 0 Å². The standard InChI is InChI=1S/C17H24BrNO/c1-3-13-5-7-14(8-6-13)11-19-17(20)15-9-4-12(2)10-16(15)18/h4,9-10,13-14H,3,5-8,11H2,1-2H3,(H,19,20). The van der Waals surface area contributed by atoms with Crippen molar-refractivity contribution in [1.29, 1.82) is 0 Å². The molecule has 2 nitrogen and oxygen atoms in total. The number of carbonyl (C=O) groups is 1. The fourth-order valence-corrected chi connectivity index (χ4v) is 3.65. The molecule has 2 rings (SSSR count). The second kappa shape index (κ2) is 7.26. The monoisotopic (exact) mass is 337 g/mol. The van der Waals surface area contributed by atoms with E-state index in [9.17, 15) is 4.79 Å². The Balaban J connectivity index is 1.83. The van der Waals surface area contributed by atoms with E-state index < -0.39 is 0 Å². The van der Waals surface area contributed by atoms with Gasteiger partial charge in [-0.3, -0.25) is 4.79 Å². The molecular weight excluding hydrogens is 314 g/mol. The molecule has 0 aromatic heterocycles. The maximum atomic E-state index is 12.2. The number of nitrogens with one attached hydrogen (secondary N) is 1. The summed E-state index contributed by atoms with van der Waals surface area (Å²) in [5, 5.41) is 3.09. The van der Waals surface area contributed by atoms with Gasteiger partial charge < -0.3 is 5.32 Å². The van der Waals surface area contributed by atoms with Gasteiger partial charge in [0.25, 0.3) is 5.91 Å². The highest BCUT2D eigenvalue weighted by Crippen LogP contribution is 2.30. The molecule has 1 N–H and O–H groups in total. The number of aryl methyl sites for hydroxylation is 1. The Morgan fingerprint density at radius 1 is 1.25 bits per heavy atom. The Morgan fingerprint density at radius 2 is 1.90 bits per heavy atom. The minimum absolute atomic E-state index is 0.0366. The Bertz CT molecular complexity index is 464. The summed E-state index contributed by atoms with van der Waals surface area (Å²) in [6.45, 7) is 5.12. The number of benzene rings is 1. The van der Waals surface area contributed by atoms with Crippen molar-refractivity contribution in [2.45, 2.75) is 46.0 Å². The van der Waals surface area contributed by atoms with E-state index in [4.69, 9.17) is 0 Å². The van der Waals surface area contributed by atoms with Crippen LogP contribution in [0, 0.1) is 18.8 Å². The Kier molecular flexibility index (Phi) is 5.64. The second-order valence-corrected chi connectivity index (χ2v) is 6.84. The average Bonchev–Trinajstić information content (AvgIpc) is 2.45. The predicted octanol–water partition coefficient (Wildman–Crippen LogP) is 4.70. The number of rotatable bonds is 4. The molecule has 0 unspecified atom stereocenters. The van der Waals surface area contributed by atoms with Gasteiger partial charge in [-0.25, -0.2) is 0 Å². The first kappa shape index (κ1) is 15.6. The normalized spacial score (nSPS) is 22.6. The van der Waals surface area contributed by atoms with Crippen LogP contribution in [0.15, 0.2) is 22.7 Å². The second-order valence-electron chi connectivity index (χ2n) is 5.99. The van der Waals surface area contributed by atoms with Gasteiger partial charge in [0.05, 0.1) is 5.56 Å². The number of halogens is 1. The van der Waals surface area contributed by atoms with Crippen LogP contribution in [0.4, 0.5) is 0 Å². The van der Waals surface area contributed by atoms with Crippen molar-refractivity contribution >= 4 is 21.8 Å². The van der Waals surface area contributed by atoms with Crippen molar-refractivity contribution in [2.75, 3.05) is 6.54 Å². The highest BCUT2D eigenvalue weighted by molar-refractivity contribution is 9.10. The van der Waals surface area contributed by atoms with E-state index in [1.54, 1.807) is 0 Å². The lowest BCUT2D eigenvalue weighted by Crippen LogP contribution is -2.31. The number of hydrogen-bond acceptors (Lipinski definition) is 1. The minimum atomic E-state index is 0.0366. The van der Waals surface area contributed by atoms with E-state index in [-0.39, 0.29) is 5.91 Å². The van der Waals surface area contributed by atoms with Crippen molar-refractivity contribution in [1.82, 2.24) is 5.32 Å². The van der Waals surface area contributed by atoms with Crippen LogP contribution in [0.2, 0.25) is 0 Å². The highest BCUT2D eigenvalue weighted by Gasteiger charge is 2.20. The molecule has 1 aliphatic carbocycles. The maximum absolute atomic E-state index is 12.2. The smallest absolute Gasteiger partial charge is 0.252 e. The first-order chi connectivity index (χ1) is 9.60. The molecule has 110 valence electrons. The van der Waals surface area contributed by atoms with Crippen LogP contribution < -0.4 is 5.32 Å². The van der Waals surface area contributed by atoms with Crippen molar-refractivity contribution in [3.8, 4) is 0 Å². The van der Waals surface area contributed by atoms with Crippen LogP contribution in [0.1, 0.15) is 54.9 Å². The molecule has 1 fully saturated rings. The van der Waals surface area contributed by atoms with Crippen LogP contribution in [0.3, 0.4) is 0 Å². The zero-order valence-corrected chi connectivity index (χ0v) is 14.0. The van der Waals surface area contributed by atoms with E-state index in [1.165, 1.54) is 32.1 Å². The fourth-order valence-electron chi connectivity index (χ4n) is 2.98. The molecular formula is C17H24BrNO. The summed E-state index contributed by atoms with van der Waals surface area (Å²) in [7, 11) is 0. The van der Waals surface area contributed by atoms with E-state index in [2.05, 4.69) is 28.2 Å². The van der Waals surface area contributed by atoms with E-state index in [0.717, 1.165) is 28.1 Å². The molecule has 1 amide bonds. The summed E-state index contributed by atoms with van der Waals surface area (Å²) in [5.41, 5.74) is 1.89. The molecule has 0 atom stereocenters. The van der Waals surface area contributed by atoms with Crippen LogP contribution >= 0.6 is 15.9 Å². The van der Waals surface area contributed by atoms with Gasteiger partial charge in [0.15, 0.2) is 0 Å². The molecule has 1 aromatic rings. The van der Waals surface area contributed by atoms with Gasteiger partial charge >= 0.3 is 0 Å². The van der Waals surface area contributed by atoms with Crippen LogP contribution in [0.5, 0.6) is 0 Å². The van der Waals surface area contributed by atoms with Gasteiger partial charge in [0, 0.05) is 11.0 Å². The first-order valence-corrected chi connectivity index (χ1v) is 8.43. The lowest BCUT2D eigenvalue weighted by atomic mass is 9.81. The summed E-state index contributed by atoms with van der Waals surface area (Å²) in [6, 6.07) is 5.86. The average molecular weight is 338 g/mol. The Labute approximate surface area is 130 Å². The van der Waals surface area contributed by atoms with E-state index in [1.807, 2.05) is 25.1 Å². The van der Waals surface area contributed by atoms with E-state index in [0.29, 0.717) is 5.92 Å². The summed E-state index contributed by atoms with van der Waals surface area (Å²) in [4.78, 5) is 12.2. The number of hydrogen-bond donors (Lipinski definition) is 1. The highest BCUT2D eigenvalue weighted by atomic mass is 79.9. The quantitative estimate of drug-likeness (QED) is 0.847. The van der Waals surface area contributed by atoms with Gasteiger partial charge in [-0.2, -0.15) is 0 Å². The summed E-state index contributed by atoms with van der Waals surface area (Å²) in [6.07, 6.45) is 6.47. The topological polar surface area (TPSA) is 29.1 Å². The molecule has 0 bridgehead atoms. The SMILES string of the molecule is CCC1CCC(CNC(=O)c2ccc(C)cc2Br)CC1. The van der Waals surface area contributed by atoms with E-state index >= 15 is 0 Å². The third-order valence-electron chi connectivity index (χ3n) is 4.46. The molecule has 3 heteroatoms. The Hall–Kier alpha value is -0.830. The minimum Gasteiger partial charge on any atom is -0.352 e. The third kappa shape index (κ3) is 4.08. The third-order valence-corrected chi connectivity index (χ3v) is 5.12. The van der Waals surface area contributed by atoms with Crippen molar-refractivity contribution in [3.63, 3.8) is 0 Å². The molecule has 0 saturated heterocycles. The van der Waals surface area contributed by atoms with Crippen LogP contribution in [-0.2, 0) is 0 Å². The number of carbonyl (C=O) groups excluding carboxylic acids is 1. The number of amides is 1. The first-order valence-electron chi connectivity index (χ1n) is 7.64. The predicted molar refractivity (Wildman–Crippen MR) is 87.0 cm³/mol. The summed E-state index contributed by atoms with van der Waals surface area (Å²) < 4.78 is 0.879. The van der Waals surface area contributed by atoms with Gasteiger partial charge in [-0.05, 0) is 65.2 Å². The van der Waals surface area contributed by atoms with Crippen LogP contribution in [-0.4, -0.2) is 12.5 Å². The fraction of sp³-hybridized carbons (Fsp3) is 0.588. The zero-order valence-electron chi connectivity index (χ0n) is 12.4. The zero-order chi connectivity index (χ0) is 14.5. The molecule has 1 aliphatic rings. The van der Waals surface area contributed by atoms with Crippen molar-refractivity contribution in [3.05, 3.63) is 33.8 Å². The molecule has 1 saturated carbocycles. The van der Waals surface area contributed by atoms with Gasteiger partial charge in [-0.1, -0.05) is 32.3 Å². The molecule has 0 radical (unpaired) electrons. The van der Waals surface area contributed by atoms with Crippen LogP contribution in [0.25, 0.3) is 0 Å². The maximum Gasteiger partial charge on any atom is 0.252 e. The summed E-state index contributed by atoms with van der Waals surface area (Å²) >= 11 is 3.47. The summed E-state index contributed by atoms with van der Waals surface area (Å²) in [5.74, 6) is 1.61. The van der Waals surface area contributed by atoms with Gasteiger partial charge in [-0.15, -0.1) is 0 Å².